The summed E-state index contributed by atoms with van der Waals surface area (Å²) in [5.41, 5.74) is 2.69. The van der Waals surface area contributed by atoms with Gasteiger partial charge in [-0.2, -0.15) is 4.31 Å². The van der Waals surface area contributed by atoms with E-state index in [-0.39, 0.29) is 36.3 Å². The first-order valence-electron chi connectivity index (χ1n) is 10.1. The lowest BCUT2D eigenvalue weighted by molar-refractivity contribution is 0.266. The molecule has 1 saturated carbocycles. The number of halogens is 1. The van der Waals surface area contributed by atoms with Crippen LogP contribution in [0.25, 0.3) is 0 Å². The van der Waals surface area contributed by atoms with Crippen molar-refractivity contribution in [3.05, 3.63) is 34.7 Å². The molecule has 1 spiro atoms. The molecule has 0 radical (unpaired) electrons. The minimum absolute atomic E-state index is 0. The number of hydrogen-bond donors (Lipinski definition) is 1. The van der Waals surface area contributed by atoms with Crippen molar-refractivity contribution in [2.45, 2.75) is 50.3 Å². The van der Waals surface area contributed by atoms with Crippen LogP contribution in [0.3, 0.4) is 0 Å². The van der Waals surface area contributed by atoms with E-state index in [1.807, 2.05) is 0 Å². The second-order valence-corrected chi connectivity index (χ2v) is 13.3. The molecule has 2 atom stereocenters. The molecule has 30 heavy (non-hydrogen) atoms. The highest BCUT2D eigenvalue weighted by Gasteiger charge is 2.53. The molecule has 1 saturated heterocycles. The molecule has 4 rings (SSSR count). The number of fused-ring (bicyclic) bond motifs is 1. The van der Waals surface area contributed by atoms with Gasteiger partial charge in [-0.3, -0.25) is 0 Å². The molecule has 2 unspecified atom stereocenters. The van der Waals surface area contributed by atoms with Gasteiger partial charge in [-0.15, -0.1) is 24.2 Å². The van der Waals surface area contributed by atoms with Crippen molar-refractivity contribution in [2.24, 2.45) is 5.41 Å². The first kappa shape index (κ1) is 24.1. The van der Waals surface area contributed by atoms with Gasteiger partial charge in [0.25, 0.3) is 0 Å². The summed E-state index contributed by atoms with van der Waals surface area (Å²) in [6.07, 6.45) is 16.1. The van der Waals surface area contributed by atoms with Crippen LogP contribution >= 0.6 is 24.2 Å². The highest BCUT2D eigenvalue weighted by atomic mass is 35.5. The molecule has 2 fully saturated rings. The van der Waals surface area contributed by atoms with E-state index in [4.69, 9.17) is 0 Å². The quantitative estimate of drug-likeness (QED) is 0.609. The van der Waals surface area contributed by atoms with Crippen LogP contribution in [0.5, 0.6) is 0 Å². The van der Waals surface area contributed by atoms with Crippen molar-refractivity contribution in [1.29, 1.82) is 0 Å². The van der Waals surface area contributed by atoms with Gasteiger partial charge in [0, 0.05) is 41.5 Å². The van der Waals surface area contributed by atoms with Crippen molar-refractivity contribution in [3.63, 3.8) is 0 Å². The molecule has 3 heterocycles. The van der Waals surface area contributed by atoms with E-state index < -0.39 is 20.0 Å². The summed E-state index contributed by atoms with van der Waals surface area (Å²) < 4.78 is 52.0. The van der Waals surface area contributed by atoms with Gasteiger partial charge in [0.1, 0.15) is 0 Å². The Kier molecular flexibility index (Phi) is 7.07. The number of hydrogen-bond acceptors (Lipinski definition) is 6. The Labute approximate surface area is 190 Å². The van der Waals surface area contributed by atoms with E-state index in [2.05, 4.69) is 28.1 Å². The van der Waals surface area contributed by atoms with Crippen LogP contribution in [0.4, 0.5) is 0 Å². The second-order valence-electron chi connectivity index (χ2n) is 8.37. The van der Waals surface area contributed by atoms with Crippen molar-refractivity contribution in [3.8, 4) is 0 Å². The third-order valence-electron chi connectivity index (χ3n) is 6.25. The molecule has 0 aromatic heterocycles. The molecule has 3 aliphatic heterocycles. The summed E-state index contributed by atoms with van der Waals surface area (Å²) in [4.78, 5) is 3.58. The molecule has 0 aromatic rings. The molecule has 1 aliphatic carbocycles. The zero-order valence-electron chi connectivity index (χ0n) is 17.3. The lowest BCUT2D eigenvalue weighted by atomic mass is 9.66. The van der Waals surface area contributed by atoms with Crippen molar-refractivity contribution < 1.29 is 16.8 Å². The Balaban J connectivity index is 0.00000256. The fourth-order valence-corrected chi connectivity index (χ4v) is 8.75. The average molecular weight is 496 g/mol. The minimum Gasteiger partial charge on any atom is -0.327 e. The monoisotopic (exact) mass is 495 g/mol. The summed E-state index contributed by atoms with van der Waals surface area (Å²) >= 11 is 1.68. The van der Waals surface area contributed by atoms with E-state index in [1.54, 1.807) is 11.8 Å². The van der Waals surface area contributed by atoms with Gasteiger partial charge >= 0.3 is 0 Å². The van der Waals surface area contributed by atoms with Crippen LogP contribution in [0.1, 0.15) is 44.9 Å². The normalized spacial score (nSPS) is 28.6. The third kappa shape index (κ3) is 4.63. The highest BCUT2D eigenvalue weighted by Crippen LogP contribution is 2.64. The van der Waals surface area contributed by atoms with Gasteiger partial charge in [0.15, 0.2) is 0 Å². The van der Waals surface area contributed by atoms with Gasteiger partial charge < -0.3 is 4.90 Å². The van der Waals surface area contributed by atoms with Crippen LogP contribution in [-0.4, -0.2) is 57.0 Å². The zero-order chi connectivity index (χ0) is 20.9. The highest BCUT2D eigenvalue weighted by molar-refractivity contribution is 8.04. The SMILES string of the molecule is CS(=O)(=O)NCCN(C1CC23CCCCC2=CN2C=CCCC2=C3S1)S(C)(=O)=O.Cl. The first-order chi connectivity index (χ1) is 13.6. The Morgan fingerprint density at radius 1 is 1.23 bits per heavy atom. The minimum atomic E-state index is -3.47. The van der Waals surface area contributed by atoms with Crippen LogP contribution in [0, 0.1) is 5.41 Å². The third-order valence-corrected chi connectivity index (χ3v) is 9.96. The predicted molar refractivity (Wildman–Crippen MR) is 124 cm³/mol. The van der Waals surface area contributed by atoms with Crippen molar-refractivity contribution >= 4 is 44.2 Å². The number of sulfonamides is 2. The van der Waals surface area contributed by atoms with E-state index >= 15 is 0 Å². The molecule has 1 N–H and O–H groups in total. The summed E-state index contributed by atoms with van der Waals surface area (Å²) in [5, 5.41) is -0.207. The fraction of sp³-hybridized carbons (Fsp3) is 0.684. The Morgan fingerprint density at radius 2 is 2.00 bits per heavy atom. The molecular formula is C19H30ClN3O4S3. The van der Waals surface area contributed by atoms with Gasteiger partial charge in [0.2, 0.25) is 20.0 Å². The number of nitrogens with one attached hydrogen (secondary N) is 1. The summed E-state index contributed by atoms with van der Waals surface area (Å²) in [6.45, 7) is 0.227. The maximum atomic E-state index is 12.6. The Morgan fingerprint density at radius 3 is 2.70 bits per heavy atom. The van der Waals surface area contributed by atoms with Crippen molar-refractivity contribution in [1.82, 2.24) is 13.9 Å². The van der Waals surface area contributed by atoms with Crippen LogP contribution in [0.15, 0.2) is 34.7 Å². The lowest BCUT2D eigenvalue weighted by Gasteiger charge is -2.44. The molecular weight excluding hydrogens is 466 g/mol. The Hall–Kier alpha value is -0.520. The van der Waals surface area contributed by atoms with Gasteiger partial charge in [-0.05, 0) is 44.1 Å². The molecule has 4 aliphatic rings. The molecule has 0 amide bonds. The maximum Gasteiger partial charge on any atom is 0.212 e. The summed E-state index contributed by atoms with van der Waals surface area (Å²) in [5.74, 6) is 0. The van der Waals surface area contributed by atoms with Crippen LogP contribution in [-0.2, 0) is 20.0 Å². The van der Waals surface area contributed by atoms with E-state index in [0.717, 1.165) is 44.8 Å². The summed E-state index contributed by atoms with van der Waals surface area (Å²) in [7, 11) is -6.83. The predicted octanol–water partition coefficient (Wildman–Crippen LogP) is 2.96. The largest absolute Gasteiger partial charge is 0.327 e. The molecule has 170 valence electrons. The summed E-state index contributed by atoms with van der Waals surface area (Å²) in [6, 6.07) is 0. The molecule has 0 aromatic carbocycles. The van der Waals surface area contributed by atoms with Gasteiger partial charge in [-0.25, -0.2) is 21.6 Å². The molecule has 7 nitrogen and oxygen atoms in total. The van der Waals surface area contributed by atoms with Crippen LogP contribution < -0.4 is 4.72 Å². The standard InChI is InChI=1S/C19H29N3O4S3.ClH/c1-28(23,24)20-10-12-22(29(2,25)26)17-13-19-9-5-3-7-15(19)14-21-11-6-4-8-16(21)18(19)27-17;/h6,11,14,17,20H,3-5,7-10,12-13H2,1-2H3;1H. The van der Waals surface area contributed by atoms with Gasteiger partial charge in [-0.1, -0.05) is 12.5 Å². The zero-order valence-corrected chi connectivity index (χ0v) is 20.6. The lowest BCUT2D eigenvalue weighted by Crippen LogP contribution is -2.43. The average Bonchev–Trinajstić information content (AvgIpc) is 3.00. The number of rotatable bonds is 6. The first-order valence-corrected chi connectivity index (χ1v) is 14.7. The van der Waals surface area contributed by atoms with E-state index in [0.29, 0.717) is 0 Å². The van der Waals surface area contributed by atoms with Crippen molar-refractivity contribution in [2.75, 3.05) is 25.6 Å². The van der Waals surface area contributed by atoms with Gasteiger partial charge in [0.05, 0.1) is 17.9 Å². The topological polar surface area (TPSA) is 86.8 Å². The Bertz CT molecular complexity index is 990. The fourth-order valence-electron chi connectivity index (χ4n) is 5.02. The number of thioether (sulfide) groups is 1. The second kappa shape index (κ2) is 8.78. The smallest absolute Gasteiger partial charge is 0.212 e. The maximum absolute atomic E-state index is 12.6. The number of allylic oxidation sites excluding steroid dienone is 4. The van der Waals surface area contributed by atoms with Crippen LogP contribution in [0.2, 0.25) is 0 Å². The number of nitrogens with zero attached hydrogens (tertiary/aromatic N) is 2. The van der Waals surface area contributed by atoms with E-state index in [1.165, 1.54) is 33.2 Å². The molecule has 0 bridgehead atoms. The van der Waals surface area contributed by atoms with E-state index in [9.17, 15) is 16.8 Å². The molecule has 11 heteroatoms.